The van der Waals surface area contributed by atoms with E-state index in [1.165, 1.54) is 12.1 Å². The summed E-state index contributed by atoms with van der Waals surface area (Å²) in [5, 5.41) is 16.1. The molecule has 3 N–H and O–H groups in total. The molecule has 1 aromatic rings. The standard InChI is InChI=1S/C12H15N3O2S/c1-8(2)14-12(18)15-13-7-9-3-5-10(6-4-9)11(16)17/h3-8H,1-2H3,(H,16,17)(H2,14,15,18)/b13-7-. The summed E-state index contributed by atoms with van der Waals surface area (Å²) in [4.78, 5) is 10.6. The maximum Gasteiger partial charge on any atom is 0.335 e. The summed E-state index contributed by atoms with van der Waals surface area (Å²) in [7, 11) is 0. The summed E-state index contributed by atoms with van der Waals surface area (Å²) in [6, 6.07) is 6.64. The summed E-state index contributed by atoms with van der Waals surface area (Å²) >= 11 is 4.99. The fourth-order valence-corrected chi connectivity index (χ4v) is 1.46. The van der Waals surface area contributed by atoms with E-state index < -0.39 is 5.97 Å². The number of nitrogens with one attached hydrogen (secondary N) is 2. The molecule has 0 bridgehead atoms. The van der Waals surface area contributed by atoms with E-state index >= 15 is 0 Å². The van der Waals surface area contributed by atoms with Gasteiger partial charge in [0.1, 0.15) is 0 Å². The van der Waals surface area contributed by atoms with Crippen molar-refractivity contribution in [3.8, 4) is 0 Å². The van der Waals surface area contributed by atoms with Crippen LogP contribution in [-0.2, 0) is 0 Å². The van der Waals surface area contributed by atoms with E-state index in [1.54, 1.807) is 18.3 Å². The summed E-state index contributed by atoms with van der Waals surface area (Å²) in [6.45, 7) is 3.95. The molecule has 5 nitrogen and oxygen atoms in total. The highest BCUT2D eigenvalue weighted by Crippen LogP contribution is 2.02. The van der Waals surface area contributed by atoms with Crippen LogP contribution in [0.5, 0.6) is 0 Å². The lowest BCUT2D eigenvalue weighted by Gasteiger charge is -2.09. The zero-order valence-electron chi connectivity index (χ0n) is 10.2. The second kappa shape index (κ2) is 6.70. The van der Waals surface area contributed by atoms with E-state index in [2.05, 4.69) is 15.8 Å². The number of thiocarbonyl (C=S) groups is 1. The minimum atomic E-state index is -0.945. The van der Waals surface area contributed by atoms with Gasteiger partial charge < -0.3 is 10.4 Å². The first kappa shape index (κ1) is 14.1. The van der Waals surface area contributed by atoms with Crippen LogP contribution < -0.4 is 10.7 Å². The first-order chi connectivity index (χ1) is 8.49. The van der Waals surface area contributed by atoms with Crippen LogP contribution in [0.4, 0.5) is 0 Å². The monoisotopic (exact) mass is 265 g/mol. The van der Waals surface area contributed by atoms with Gasteiger partial charge in [0, 0.05) is 6.04 Å². The maximum atomic E-state index is 10.6. The Kier molecular flexibility index (Phi) is 5.26. The number of hydrogen-bond donors (Lipinski definition) is 3. The SMILES string of the molecule is CC(C)NC(=S)N/N=C\c1ccc(C(=O)O)cc1. The van der Waals surface area contributed by atoms with Gasteiger partial charge in [0.2, 0.25) is 0 Å². The lowest BCUT2D eigenvalue weighted by molar-refractivity contribution is 0.0697. The largest absolute Gasteiger partial charge is 0.478 e. The minimum Gasteiger partial charge on any atom is -0.478 e. The minimum absolute atomic E-state index is 0.245. The van der Waals surface area contributed by atoms with Gasteiger partial charge >= 0.3 is 5.97 Å². The Morgan fingerprint density at radius 2 is 2.00 bits per heavy atom. The van der Waals surface area contributed by atoms with E-state index in [-0.39, 0.29) is 11.6 Å². The van der Waals surface area contributed by atoms with Crippen LogP contribution in [0.25, 0.3) is 0 Å². The van der Waals surface area contributed by atoms with Crippen LogP contribution in [0.1, 0.15) is 29.8 Å². The Bertz CT molecular complexity index is 455. The molecule has 0 saturated heterocycles. The van der Waals surface area contributed by atoms with Crippen LogP contribution in [0.3, 0.4) is 0 Å². The third-order valence-corrected chi connectivity index (χ3v) is 2.17. The highest BCUT2D eigenvalue weighted by atomic mass is 32.1. The molecular formula is C12H15N3O2S. The van der Waals surface area contributed by atoms with Crippen molar-refractivity contribution >= 4 is 29.5 Å². The number of rotatable bonds is 4. The maximum absolute atomic E-state index is 10.6. The Hall–Kier alpha value is -1.95. The van der Waals surface area contributed by atoms with E-state index in [0.29, 0.717) is 5.11 Å². The average molecular weight is 265 g/mol. The van der Waals surface area contributed by atoms with Crippen molar-refractivity contribution in [3.05, 3.63) is 35.4 Å². The second-order valence-corrected chi connectivity index (χ2v) is 4.33. The van der Waals surface area contributed by atoms with Gasteiger partial charge in [-0.3, -0.25) is 5.43 Å². The smallest absolute Gasteiger partial charge is 0.335 e. The molecule has 0 spiro atoms. The highest BCUT2D eigenvalue weighted by molar-refractivity contribution is 7.80. The van der Waals surface area contributed by atoms with Gasteiger partial charge in [-0.05, 0) is 43.8 Å². The van der Waals surface area contributed by atoms with Gasteiger partial charge in [0.25, 0.3) is 0 Å². The predicted octanol–water partition coefficient (Wildman–Crippen LogP) is 1.59. The molecule has 1 aromatic carbocycles. The number of carboxylic acid groups (broad SMARTS) is 1. The molecule has 0 aliphatic carbocycles. The molecule has 0 saturated carbocycles. The van der Waals surface area contributed by atoms with Crippen molar-refractivity contribution in [2.75, 3.05) is 0 Å². The van der Waals surface area contributed by atoms with Crippen LogP contribution >= 0.6 is 12.2 Å². The summed E-state index contributed by atoms with van der Waals surface area (Å²) in [6.07, 6.45) is 1.57. The highest BCUT2D eigenvalue weighted by Gasteiger charge is 2.00. The number of aromatic carboxylic acids is 1. The average Bonchev–Trinajstić information content (AvgIpc) is 2.28. The van der Waals surface area contributed by atoms with Crippen molar-refractivity contribution in [3.63, 3.8) is 0 Å². The van der Waals surface area contributed by atoms with Gasteiger partial charge in [-0.15, -0.1) is 0 Å². The number of carboxylic acids is 1. The fraction of sp³-hybridized carbons (Fsp3) is 0.250. The molecule has 0 amide bonds. The van der Waals surface area contributed by atoms with Crippen molar-refractivity contribution in [1.29, 1.82) is 0 Å². The molecule has 0 atom stereocenters. The van der Waals surface area contributed by atoms with Crippen LogP contribution in [0, 0.1) is 0 Å². The van der Waals surface area contributed by atoms with Crippen molar-refractivity contribution < 1.29 is 9.90 Å². The fourth-order valence-electron chi connectivity index (χ4n) is 1.17. The molecule has 18 heavy (non-hydrogen) atoms. The Labute approximate surface area is 111 Å². The molecule has 0 heterocycles. The lowest BCUT2D eigenvalue weighted by atomic mass is 10.1. The molecular weight excluding hydrogens is 250 g/mol. The van der Waals surface area contributed by atoms with E-state index in [1.807, 2.05) is 13.8 Å². The number of carbonyl (C=O) groups is 1. The molecule has 6 heteroatoms. The quantitative estimate of drug-likeness (QED) is 0.438. The number of hydrogen-bond acceptors (Lipinski definition) is 3. The van der Waals surface area contributed by atoms with Gasteiger partial charge in [-0.2, -0.15) is 5.10 Å². The third-order valence-electron chi connectivity index (χ3n) is 1.96. The van der Waals surface area contributed by atoms with Gasteiger partial charge in [0.15, 0.2) is 5.11 Å². The molecule has 0 aromatic heterocycles. The summed E-state index contributed by atoms with van der Waals surface area (Å²) in [5.74, 6) is -0.945. The lowest BCUT2D eigenvalue weighted by Crippen LogP contribution is -2.36. The first-order valence-corrected chi connectivity index (χ1v) is 5.83. The predicted molar refractivity (Wildman–Crippen MR) is 75.0 cm³/mol. The van der Waals surface area contributed by atoms with Gasteiger partial charge in [0.05, 0.1) is 11.8 Å². The number of nitrogens with zero attached hydrogens (tertiary/aromatic N) is 1. The molecule has 0 aliphatic rings. The van der Waals surface area contributed by atoms with Crippen molar-refractivity contribution in [2.45, 2.75) is 19.9 Å². The van der Waals surface area contributed by atoms with E-state index in [4.69, 9.17) is 17.3 Å². The van der Waals surface area contributed by atoms with E-state index in [0.717, 1.165) is 5.56 Å². The second-order valence-electron chi connectivity index (χ2n) is 3.93. The molecule has 0 aliphatic heterocycles. The van der Waals surface area contributed by atoms with Crippen LogP contribution in [0.2, 0.25) is 0 Å². The molecule has 96 valence electrons. The zero-order chi connectivity index (χ0) is 13.5. The first-order valence-electron chi connectivity index (χ1n) is 5.42. The van der Waals surface area contributed by atoms with Crippen molar-refractivity contribution in [2.24, 2.45) is 5.10 Å². The molecule has 0 unspecified atom stereocenters. The molecule has 0 fully saturated rings. The Morgan fingerprint density at radius 3 is 2.50 bits per heavy atom. The molecule has 0 radical (unpaired) electrons. The topological polar surface area (TPSA) is 73.7 Å². The molecule has 1 rings (SSSR count). The summed E-state index contributed by atoms with van der Waals surface area (Å²) in [5.41, 5.74) is 3.71. The summed E-state index contributed by atoms with van der Waals surface area (Å²) < 4.78 is 0. The zero-order valence-corrected chi connectivity index (χ0v) is 11.0. The van der Waals surface area contributed by atoms with Crippen LogP contribution in [-0.4, -0.2) is 28.4 Å². The third kappa shape index (κ3) is 4.92. The van der Waals surface area contributed by atoms with Crippen LogP contribution in [0.15, 0.2) is 29.4 Å². The number of benzene rings is 1. The van der Waals surface area contributed by atoms with Gasteiger partial charge in [-0.25, -0.2) is 4.79 Å². The van der Waals surface area contributed by atoms with Gasteiger partial charge in [-0.1, -0.05) is 12.1 Å². The Balaban J connectivity index is 2.52. The van der Waals surface area contributed by atoms with E-state index in [9.17, 15) is 4.79 Å². The Morgan fingerprint density at radius 1 is 1.39 bits per heavy atom. The number of hydrazone groups is 1. The normalized spacial score (nSPS) is 10.6. The van der Waals surface area contributed by atoms with Crippen molar-refractivity contribution in [1.82, 2.24) is 10.7 Å².